The molecule has 0 saturated carbocycles. The minimum Gasteiger partial charge on any atom is -0.479 e. The molecule has 1 atom stereocenters. The Labute approximate surface area is 125 Å². The summed E-state index contributed by atoms with van der Waals surface area (Å²) in [6, 6.07) is 8.10. The first-order chi connectivity index (χ1) is 10.1. The minimum absolute atomic E-state index is 0.00966. The summed E-state index contributed by atoms with van der Waals surface area (Å²) in [5.41, 5.74) is 1.02. The van der Waals surface area contributed by atoms with Gasteiger partial charge in [0.25, 0.3) is 5.91 Å². The van der Waals surface area contributed by atoms with Crippen molar-refractivity contribution in [2.24, 2.45) is 0 Å². The van der Waals surface area contributed by atoms with E-state index in [2.05, 4.69) is 10.3 Å². The topological polar surface area (TPSA) is 68.3 Å². The van der Waals surface area contributed by atoms with Crippen LogP contribution in [0.3, 0.4) is 0 Å². The number of Topliss-reactive ketones (excluding diaryl/α,β-unsaturated/α-hetero) is 1. The molecule has 0 saturated heterocycles. The Hall–Kier alpha value is -2.40. The molecule has 1 aromatic carbocycles. The lowest BCUT2D eigenvalue weighted by molar-refractivity contribution is -0.122. The van der Waals surface area contributed by atoms with Crippen LogP contribution in [0.1, 0.15) is 16.8 Å². The fourth-order valence-corrected chi connectivity index (χ4v) is 2.27. The van der Waals surface area contributed by atoms with Crippen molar-refractivity contribution in [3.8, 4) is 5.75 Å². The van der Waals surface area contributed by atoms with Crippen molar-refractivity contribution >= 4 is 29.0 Å². The molecule has 5 nitrogen and oxygen atoms in total. The number of ether oxygens (including phenoxy) is 1. The predicted molar refractivity (Wildman–Crippen MR) is 77.7 cm³/mol. The van der Waals surface area contributed by atoms with E-state index in [0.717, 1.165) is 0 Å². The highest BCUT2D eigenvalue weighted by atomic mass is 35.5. The summed E-state index contributed by atoms with van der Waals surface area (Å²) in [6.07, 6.45) is 2.28. The van der Waals surface area contributed by atoms with Gasteiger partial charge in [0.15, 0.2) is 11.9 Å². The molecule has 0 aliphatic carbocycles. The molecule has 2 aromatic rings. The Bertz CT molecular complexity index is 703. The Morgan fingerprint density at radius 2 is 2.05 bits per heavy atom. The molecule has 0 spiro atoms. The average molecular weight is 303 g/mol. The van der Waals surface area contributed by atoms with E-state index in [1.54, 1.807) is 42.7 Å². The monoisotopic (exact) mass is 302 g/mol. The molecule has 21 heavy (non-hydrogen) atoms. The van der Waals surface area contributed by atoms with Crippen LogP contribution in [0.5, 0.6) is 5.75 Å². The number of carbonyl (C=O) groups excluding carboxylic acids is 2. The molecule has 1 N–H and O–H groups in total. The first-order valence-electron chi connectivity index (χ1n) is 6.34. The molecule has 1 aliphatic heterocycles. The van der Waals surface area contributed by atoms with Crippen LogP contribution in [-0.2, 0) is 4.79 Å². The number of rotatable bonds is 2. The van der Waals surface area contributed by atoms with Crippen molar-refractivity contribution in [3.63, 3.8) is 0 Å². The third kappa shape index (κ3) is 2.87. The molecule has 106 valence electrons. The smallest absolute Gasteiger partial charge is 0.265 e. The van der Waals surface area contributed by atoms with Gasteiger partial charge in [-0.05, 0) is 30.3 Å². The maximum absolute atomic E-state index is 12.2. The number of ketones is 1. The van der Waals surface area contributed by atoms with Crippen LogP contribution in [0, 0.1) is 0 Å². The molecule has 1 amide bonds. The van der Waals surface area contributed by atoms with Gasteiger partial charge in [-0.15, -0.1) is 0 Å². The van der Waals surface area contributed by atoms with Gasteiger partial charge >= 0.3 is 0 Å². The van der Waals surface area contributed by atoms with E-state index in [4.69, 9.17) is 16.3 Å². The number of amides is 1. The van der Waals surface area contributed by atoms with Crippen molar-refractivity contribution in [3.05, 3.63) is 53.3 Å². The van der Waals surface area contributed by atoms with Gasteiger partial charge in [-0.3, -0.25) is 14.6 Å². The van der Waals surface area contributed by atoms with Gasteiger partial charge in [-0.2, -0.15) is 0 Å². The van der Waals surface area contributed by atoms with Crippen LogP contribution in [-0.4, -0.2) is 22.8 Å². The van der Waals surface area contributed by atoms with Crippen molar-refractivity contribution in [2.75, 3.05) is 5.32 Å². The van der Waals surface area contributed by atoms with Crippen LogP contribution in [0.4, 0.5) is 5.69 Å². The lowest BCUT2D eigenvalue weighted by atomic mass is 10.0. The maximum atomic E-state index is 12.2. The van der Waals surface area contributed by atoms with Crippen LogP contribution in [0.25, 0.3) is 0 Å². The summed E-state index contributed by atoms with van der Waals surface area (Å²) in [7, 11) is 0. The number of carbonyl (C=O) groups is 2. The maximum Gasteiger partial charge on any atom is 0.265 e. The lowest BCUT2D eigenvalue weighted by Crippen LogP contribution is -2.38. The van der Waals surface area contributed by atoms with E-state index in [1.165, 1.54) is 0 Å². The summed E-state index contributed by atoms with van der Waals surface area (Å²) < 4.78 is 5.58. The molecule has 0 fully saturated rings. The highest BCUT2D eigenvalue weighted by Crippen LogP contribution is 2.30. The summed E-state index contributed by atoms with van der Waals surface area (Å²) in [5.74, 6) is -0.144. The van der Waals surface area contributed by atoms with Crippen LogP contribution < -0.4 is 10.1 Å². The number of hydrogen-bond donors (Lipinski definition) is 1. The third-order valence-corrected chi connectivity index (χ3v) is 3.36. The number of nitrogens with one attached hydrogen (secondary N) is 1. The zero-order valence-electron chi connectivity index (χ0n) is 10.9. The summed E-state index contributed by atoms with van der Waals surface area (Å²) in [4.78, 5) is 28.1. The summed E-state index contributed by atoms with van der Waals surface area (Å²) in [5, 5.41) is 3.16. The van der Waals surface area contributed by atoms with Crippen molar-refractivity contribution in [2.45, 2.75) is 12.5 Å². The van der Waals surface area contributed by atoms with Crippen LogP contribution in [0.15, 0.2) is 42.7 Å². The molecular weight excluding hydrogens is 292 g/mol. The van der Waals surface area contributed by atoms with Gasteiger partial charge in [0.05, 0.1) is 12.0 Å². The Balaban J connectivity index is 1.78. The number of nitrogens with zero attached hydrogens (tertiary/aromatic N) is 1. The van der Waals surface area contributed by atoms with E-state index in [1.807, 2.05) is 0 Å². The zero-order chi connectivity index (χ0) is 14.8. The SMILES string of the molecule is O=C1C[C@@H](C(=O)Nc2ccncc2)Oc2ccc(Cl)cc21. The molecule has 0 bridgehead atoms. The second-order valence-corrected chi connectivity index (χ2v) is 5.04. The first kappa shape index (κ1) is 13.6. The van der Waals surface area contributed by atoms with Gasteiger partial charge in [0.1, 0.15) is 5.75 Å². The quantitative estimate of drug-likeness (QED) is 0.926. The number of fused-ring (bicyclic) bond motifs is 1. The van der Waals surface area contributed by atoms with Gasteiger partial charge < -0.3 is 10.1 Å². The molecule has 2 heterocycles. The molecule has 1 aromatic heterocycles. The van der Waals surface area contributed by atoms with Crippen molar-refractivity contribution < 1.29 is 14.3 Å². The normalized spacial score (nSPS) is 16.8. The minimum atomic E-state index is -0.848. The predicted octanol–water partition coefficient (Wildman–Crippen LogP) is 2.71. The second kappa shape index (κ2) is 5.54. The van der Waals surface area contributed by atoms with E-state index < -0.39 is 6.10 Å². The number of hydrogen-bond acceptors (Lipinski definition) is 4. The van der Waals surface area contributed by atoms with Crippen molar-refractivity contribution in [1.29, 1.82) is 0 Å². The van der Waals surface area contributed by atoms with E-state index in [-0.39, 0.29) is 18.1 Å². The number of pyridine rings is 1. The second-order valence-electron chi connectivity index (χ2n) is 4.60. The Morgan fingerprint density at radius 3 is 2.81 bits per heavy atom. The largest absolute Gasteiger partial charge is 0.479 e. The van der Waals surface area contributed by atoms with Gasteiger partial charge in [-0.1, -0.05) is 11.6 Å². The number of halogens is 1. The van der Waals surface area contributed by atoms with E-state index >= 15 is 0 Å². The summed E-state index contributed by atoms with van der Waals surface area (Å²) >= 11 is 5.86. The Kier molecular flexibility index (Phi) is 3.58. The van der Waals surface area contributed by atoms with Gasteiger partial charge in [-0.25, -0.2) is 0 Å². The molecule has 0 radical (unpaired) electrons. The van der Waals surface area contributed by atoms with Crippen molar-refractivity contribution in [1.82, 2.24) is 4.98 Å². The van der Waals surface area contributed by atoms with Gasteiger partial charge in [0.2, 0.25) is 0 Å². The first-order valence-corrected chi connectivity index (χ1v) is 6.71. The highest BCUT2D eigenvalue weighted by Gasteiger charge is 2.31. The number of aromatic nitrogens is 1. The molecule has 1 aliphatic rings. The van der Waals surface area contributed by atoms with E-state index in [9.17, 15) is 9.59 Å². The van der Waals surface area contributed by atoms with Crippen LogP contribution in [0.2, 0.25) is 5.02 Å². The highest BCUT2D eigenvalue weighted by molar-refractivity contribution is 6.31. The van der Waals surface area contributed by atoms with Gasteiger partial charge in [0, 0.05) is 23.1 Å². The summed E-state index contributed by atoms with van der Waals surface area (Å²) in [6.45, 7) is 0. The Morgan fingerprint density at radius 1 is 1.29 bits per heavy atom. The fraction of sp³-hybridized carbons (Fsp3) is 0.133. The fourth-order valence-electron chi connectivity index (χ4n) is 2.10. The third-order valence-electron chi connectivity index (χ3n) is 3.12. The molecule has 0 unspecified atom stereocenters. The van der Waals surface area contributed by atoms with Crippen LogP contribution >= 0.6 is 11.6 Å². The average Bonchev–Trinajstić information content (AvgIpc) is 2.49. The number of benzene rings is 1. The molecular formula is C15H11ClN2O3. The zero-order valence-corrected chi connectivity index (χ0v) is 11.6. The molecule has 3 rings (SSSR count). The molecule has 6 heteroatoms. The lowest BCUT2D eigenvalue weighted by Gasteiger charge is -2.24. The van der Waals surface area contributed by atoms with E-state index in [0.29, 0.717) is 22.0 Å². The number of anilines is 1. The standard InChI is InChI=1S/C15H11ClN2O3/c16-9-1-2-13-11(7-9)12(19)8-14(21-13)15(20)18-10-3-5-17-6-4-10/h1-7,14H,8H2,(H,17,18,20)/t14-/m0/s1.